The molecule has 14 heteroatoms. The highest BCUT2D eigenvalue weighted by Crippen LogP contribution is 2.25. The number of pyridine rings is 1. The van der Waals surface area contributed by atoms with Gasteiger partial charge in [0.25, 0.3) is 0 Å². The number of carbonyl (C=O) groups excluding carboxylic acids is 1. The summed E-state index contributed by atoms with van der Waals surface area (Å²) >= 11 is 1.52. The first-order chi connectivity index (χ1) is 22.0. The van der Waals surface area contributed by atoms with Crippen LogP contribution < -0.4 is 26.8 Å². The Balaban J connectivity index is 0.933. The van der Waals surface area contributed by atoms with Gasteiger partial charge in [-0.05, 0) is 42.7 Å². The van der Waals surface area contributed by atoms with Gasteiger partial charge >= 0.3 is 0 Å². The molecule has 6 N–H and O–H groups in total. The number of imidazole rings is 1. The third-order valence-electron chi connectivity index (χ3n) is 7.59. The minimum absolute atomic E-state index is 0.00947. The molecule has 0 saturated carbocycles. The summed E-state index contributed by atoms with van der Waals surface area (Å²) in [4.78, 5) is 38.7. The summed E-state index contributed by atoms with van der Waals surface area (Å²) in [6.45, 7) is 2.16. The predicted molar refractivity (Wildman–Crippen MR) is 171 cm³/mol. The third-order valence-corrected chi connectivity index (χ3v) is 8.61. The number of nitrogens with zero attached hydrogens (tertiary/aromatic N) is 5. The van der Waals surface area contributed by atoms with E-state index < -0.39 is 0 Å². The van der Waals surface area contributed by atoms with Crippen LogP contribution in [0.25, 0.3) is 21.4 Å². The summed E-state index contributed by atoms with van der Waals surface area (Å²) in [6, 6.07) is 8.94. The summed E-state index contributed by atoms with van der Waals surface area (Å²) in [5, 5.41) is 10.5. The molecular formula is C31H34FN11OS. The number of hydrazine groups is 1. The van der Waals surface area contributed by atoms with E-state index in [-0.39, 0.29) is 23.9 Å². The van der Waals surface area contributed by atoms with E-state index in [4.69, 9.17) is 16.4 Å². The van der Waals surface area contributed by atoms with Crippen molar-refractivity contribution >= 4 is 44.4 Å². The number of hydrogen-bond donors (Lipinski definition) is 6. The van der Waals surface area contributed by atoms with Gasteiger partial charge in [-0.15, -0.1) is 12.3 Å². The van der Waals surface area contributed by atoms with Gasteiger partial charge in [0.15, 0.2) is 5.82 Å². The number of terminal acetylenes is 1. The molecule has 1 saturated heterocycles. The highest BCUT2D eigenvalue weighted by atomic mass is 32.1. The van der Waals surface area contributed by atoms with Crippen LogP contribution in [0.5, 0.6) is 0 Å². The van der Waals surface area contributed by atoms with Gasteiger partial charge in [-0.2, -0.15) is 0 Å². The number of amides is 1. The molecule has 1 fully saturated rings. The van der Waals surface area contributed by atoms with Gasteiger partial charge in [-0.3, -0.25) is 9.78 Å². The monoisotopic (exact) mass is 627 g/mol. The second kappa shape index (κ2) is 14.0. The molecule has 5 aromatic rings. The van der Waals surface area contributed by atoms with Crippen molar-refractivity contribution in [3.05, 3.63) is 70.8 Å². The summed E-state index contributed by atoms with van der Waals surface area (Å²) in [5.41, 5.74) is 9.89. The van der Waals surface area contributed by atoms with Crippen molar-refractivity contribution in [2.75, 3.05) is 18.4 Å². The zero-order valence-electron chi connectivity index (χ0n) is 24.6. The molecule has 1 aliphatic rings. The van der Waals surface area contributed by atoms with Crippen molar-refractivity contribution < 1.29 is 9.18 Å². The number of thiazole rings is 1. The van der Waals surface area contributed by atoms with E-state index in [0.29, 0.717) is 42.8 Å². The average molecular weight is 628 g/mol. The molecule has 1 amide bonds. The van der Waals surface area contributed by atoms with Crippen molar-refractivity contribution in [3.63, 3.8) is 0 Å². The van der Waals surface area contributed by atoms with Crippen LogP contribution in [0.3, 0.4) is 0 Å². The summed E-state index contributed by atoms with van der Waals surface area (Å²) in [5.74, 6) is 3.74. The maximum absolute atomic E-state index is 13.9. The van der Waals surface area contributed by atoms with Crippen LogP contribution >= 0.6 is 11.3 Å². The number of aromatic amines is 1. The topological polar surface area (TPSA) is 177 Å². The number of halogens is 1. The largest absolute Gasteiger partial charge is 0.362 e. The molecule has 0 atom stereocenters. The molecule has 4 aromatic heterocycles. The van der Waals surface area contributed by atoms with Crippen LogP contribution in [-0.4, -0.2) is 54.6 Å². The van der Waals surface area contributed by atoms with Crippen LogP contribution in [0.15, 0.2) is 42.9 Å². The number of aromatic nitrogens is 6. The fourth-order valence-corrected chi connectivity index (χ4v) is 5.88. The van der Waals surface area contributed by atoms with Crippen LogP contribution in [0.4, 0.5) is 10.2 Å². The number of anilines is 1. The Morgan fingerprint density at radius 2 is 1.96 bits per heavy atom. The predicted octanol–water partition coefficient (Wildman–Crippen LogP) is 3.10. The lowest BCUT2D eigenvalue weighted by Crippen LogP contribution is -2.26. The maximum atomic E-state index is 13.9. The van der Waals surface area contributed by atoms with Gasteiger partial charge in [0.2, 0.25) is 5.91 Å². The first-order valence-corrected chi connectivity index (χ1v) is 15.7. The normalized spacial score (nSPS) is 13.6. The molecule has 45 heavy (non-hydrogen) atoms. The Hall–Kier alpha value is -4.55. The van der Waals surface area contributed by atoms with Gasteiger partial charge in [-0.25, -0.2) is 35.2 Å². The Labute approximate surface area is 263 Å². The van der Waals surface area contributed by atoms with Crippen LogP contribution in [0.2, 0.25) is 0 Å². The minimum Gasteiger partial charge on any atom is -0.362 e. The average Bonchev–Trinajstić information content (AvgIpc) is 3.50. The molecular weight excluding hydrogens is 593 g/mol. The molecule has 1 aliphatic heterocycles. The highest BCUT2D eigenvalue weighted by molar-refractivity contribution is 7.18. The van der Waals surface area contributed by atoms with E-state index in [0.717, 1.165) is 64.6 Å². The van der Waals surface area contributed by atoms with E-state index in [1.54, 1.807) is 12.3 Å². The van der Waals surface area contributed by atoms with Crippen LogP contribution in [0, 0.1) is 18.2 Å². The van der Waals surface area contributed by atoms with Crippen LogP contribution in [0.1, 0.15) is 47.8 Å². The lowest BCUT2D eigenvalue weighted by atomic mass is 10.0. The fourth-order valence-electron chi connectivity index (χ4n) is 4.98. The summed E-state index contributed by atoms with van der Waals surface area (Å²) in [6.07, 6.45) is 12.5. The summed E-state index contributed by atoms with van der Waals surface area (Å²) < 4.78 is 13.9. The molecule has 232 valence electrons. The van der Waals surface area contributed by atoms with E-state index in [9.17, 15) is 9.18 Å². The molecule has 0 aliphatic carbocycles. The Bertz CT molecular complexity index is 1830. The van der Waals surface area contributed by atoms with Crippen molar-refractivity contribution in [1.29, 1.82) is 0 Å². The number of fused-ring (bicyclic) bond motifs is 2. The smallest absolute Gasteiger partial charge is 0.220 e. The van der Waals surface area contributed by atoms with Gasteiger partial charge in [0, 0.05) is 51.5 Å². The third kappa shape index (κ3) is 7.95. The van der Waals surface area contributed by atoms with Gasteiger partial charge < -0.3 is 20.9 Å². The number of carbonyl (C=O) groups is 1. The second-order valence-corrected chi connectivity index (χ2v) is 11.9. The quantitative estimate of drug-likeness (QED) is 0.0541. The lowest BCUT2D eigenvalue weighted by molar-refractivity contribution is -0.121. The Morgan fingerprint density at radius 3 is 2.80 bits per heavy atom. The van der Waals surface area contributed by atoms with Crippen LogP contribution in [-0.2, 0) is 30.7 Å². The van der Waals surface area contributed by atoms with Gasteiger partial charge in [0.1, 0.15) is 28.3 Å². The standard InChI is InChI=1S/C31H34FN11OS/c1-2-3-11-31(42-43-31)12-8-26(44)35-17-20-6-7-22-23(16-20)40-25(39-22)9-14-33-15-10-27-41-28-29(37-19-38-30(28)45-27)36-18-24-21(32)5-4-13-34-24/h1,4-7,13,16,19,33,42-43H,3,8-12,14-15,17-18H2,(H,35,44)(H,39,40)(H,36,37,38). The molecule has 12 nitrogen and oxygen atoms in total. The number of H-pyrrole nitrogens is 1. The summed E-state index contributed by atoms with van der Waals surface area (Å²) in [7, 11) is 0. The molecule has 6 rings (SSSR count). The lowest BCUT2D eigenvalue weighted by Gasteiger charge is -2.10. The number of hydrogen-bond acceptors (Lipinski definition) is 11. The molecule has 1 aromatic carbocycles. The van der Waals surface area contributed by atoms with Crippen molar-refractivity contribution in [2.24, 2.45) is 0 Å². The van der Waals surface area contributed by atoms with E-state index in [1.165, 1.54) is 23.7 Å². The van der Waals surface area contributed by atoms with E-state index >= 15 is 0 Å². The van der Waals surface area contributed by atoms with Gasteiger partial charge in [0.05, 0.1) is 33.9 Å². The first kappa shape index (κ1) is 30.5. The van der Waals surface area contributed by atoms with E-state index in [1.807, 2.05) is 18.2 Å². The molecule has 0 spiro atoms. The fraction of sp³-hybridized carbons (Fsp3) is 0.355. The molecule has 5 heterocycles. The van der Waals surface area contributed by atoms with Crippen molar-refractivity contribution in [1.82, 2.24) is 51.4 Å². The first-order valence-electron chi connectivity index (χ1n) is 14.9. The number of rotatable bonds is 16. The number of benzene rings is 1. The second-order valence-electron chi connectivity index (χ2n) is 10.9. The zero-order valence-corrected chi connectivity index (χ0v) is 25.4. The van der Waals surface area contributed by atoms with Gasteiger partial charge in [-0.1, -0.05) is 17.4 Å². The molecule has 0 bridgehead atoms. The Kier molecular flexibility index (Phi) is 9.51. The number of nitrogens with one attached hydrogen (secondary N) is 6. The van der Waals surface area contributed by atoms with Crippen molar-refractivity contribution in [2.45, 2.75) is 57.3 Å². The SMILES string of the molecule is C#CCCC1(CCC(=O)NCc2ccc3nc(CCNCCc4nc5c(NCc6ncccc6F)ncnc5s4)[nH]c3c2)NN1. The highest BCUT2D eigenvalue weighted by Gasteiger charge is 2.40. The minimum atomic E-state index is -0.366. The van der Waals surface area contributed by atoms with Crippen molar-refractivity contribution in [3.8, 4) is 12.3 Å². The molecule has 0 radical (unpaired) electrons. The maximum Gasteiger partial charge on any atom is 0.220 e. The van der Waals surface area contributed by atoms with E-state index in [2.05, 4.69) is 52.7 Å². The Morgan fingerprint density at radius 1 is 1.07 bits per heavy atom. The zero-order chi connectivity index (χ0) is 31.1. The molecule has 0 unspecified atom stereocenters.